The summed E-state index contributed by atoms with van der Waals surface area (Å²) in [6.45, 7) is 4.04. The monoisotopic (exact) mass is 423 g/mol. The van der Waals surface area contributed by atoms with Crippen LogP contribution in [0, 0.1) is 6.92 Å². The quantitative estimate of drug-likeness (QED) is 0.717. The topological polar surface area (TPSA) is 63.2 Å². The number of anilines is 1. The van der Waals surface area contributed by atoms with Crippen molar-refractivity contribution >= 4 is 40.3 Å². The van der Waals surface area contributed by atoms with Crippen LogP contribution < -0.4 is 19.7 Å². The Labute approximate surface area is 181 Å². The molecule has 2 heterocycles. The van der Waals surface area contributed by atoms with Gasteiger partial charge in [0.15, 0.2) is 5.17 Å². The zero-order valence-electron chi connectivity index (χ0n) is 17.4. The van der Waals surface area contributed by atoms with Gasteiger partial charge in [0.25, 0.3) is 5.91 Å². The van der Waals surface area contributed by atoms with Gasteiger partial charge in [0.2, 0.25) is 0 Å². The summed E-state index contributed by atoms with van der Waals surface area (Å²) in [5.41, 5.74) is 3.76. The van der Waals surface area contributed by atoms with Gasteiger partial charge in [-0.15, -0.1) is 0 Å². The van der Waals surface area contributed by atoms with Crippen LogP contribution in [0.1, 0.15) is 24.0 Å². The molecule has 0 bridgehead atoms. The number of benzene rings is 2. The van der Waals surface area contributed by atoms with E-state index in [-0.39, 0.29) is 5.91 Å². The number of carbonyl (C=O) groups excluding carboxylic acids is 1. The number of ether oxygens (including phenoxy) is 2. The number of amides is 1. The second-order valence-electron chi connectivity index (χ2n) is 7.28. The number of hydrogen-bond acceptors (Lipinski definition) is 6. The van der Waals surface area contributed by atoms with Gasteiger partial charge in [-0.25, -0.2) is 4.99 Å². The fourth-order valence-electron chi connectivity index (χ4n) is 3.66. The highest BCUT2D eigenvalue weighted by Gasteiger charge is 2.25. The second-order valence-corrected chi connectivity index (χ2v) is 8.31. The number of carbonyl (C=O) groups is 1. The van der Waals surface area contributed by atoms with E-state index >= 15 is 0 Å². The first-order valence-corrected chi connectivity index (χ1v) is 10.8. The molecule has 2 aliphatic heterocycles. The third-order valence-corrected chi connectivity index (χ3v) is 6.06. The van der Waals surface area contributed by atoms with Crippen LogP contribution >= 0.6 is 11.8 Å². The van der Waals surface area contributed by atoms with Gasteiger partial charge >= 0.3 is 0 Å². The van der Waals surface area contributed by atoms with Crippen molar-refractivity contribution in [1.82, 2.24) is 5.32 Å². The number of amidine groups is 1. The predicted octanol–water partition coefficient (Wildman–Crippen LogP) is 4.50. The fraction of sp³-hybridized carbons (Fsp3) is 0.304. The molecule has 2 saturated heterocycles. The number of aryl methyl sites for hydroxylation is 1. The van der Waals surface area contributed by atoms with Gasteiger partial charge in [-0.1, -0.05) is 12.1 Å². The van der Waals surface area contributed by atoms with Crippen LogP contribution in [-0.2, 0) is 4.79 Å². The Bertz CT molecular complexity index is 1030. The SMILES string of the molecule is COc1cc(N2CCCC2)c(OC)cc1/C=C1\SC(=Nc2cccc(C)c2)NC1=O. The van der Waals surface area contributed by atoms with E-state index in [1.807, 2.05) is 49.4 Å². The lowest BCUT2D eigenvalue weighted by atomic mass is 10.1. The van der Waals surface area contributed by atoms with Crippen LogP contribution in [0.5, 0.6) is 11.5 Å². The van der Waals surface area contributed by atoms with E-state index in [0.29, 0.717) is 15.8 Å². The molecule has 2 fully saturated rings. The Morgan fingerprint density at radius 3 is 2.57 bits per heavy atom. The zero-order chi connectivity index (χ0) is 21.1. The number of nitrogens with zero attached hydrogens (tertiary/aromatic N) is 2. The summed E-state index contributed by atoms with van der Waals surface area (Å²) in [6, 6.07) is 11.8. The van der Waals surface area contributed by atoms with E-state index < -0.39 is 0 Å². The first-order valence-electron chi connectivity index (χ1n) is 9.94. The number of nitrogens with one attached hydrogen (secondary N) is 1. The predicted molar refractivity (Wildman–Crippen MR) is 123 cm³/mol. The van der Waals surface area contributed by atoms with Crippen LogP contribution in [0.3, 0.4) is 0 Å². The number of hydrogen-bond donors (Lipinski definition) is 1. The van der Waals surface area contributed by atoms with Crippen LogP contribution in [0.15, 0.2) is 46.3 Å². The number of thioether (sulfide) groups is 1. The molecule has 0 unspecified atom stereocenters. The molecule has 0 radical (unpaired) electrons. The summed E-state index contributed by atoms with van der Waals surface area (Å²) in [5, 5.41) is 3.41. The average molecular weight is 424 g/mol. The Balaban J connectivity index is 1.64. The third-order valence-electron chi connectivity index (χ3n) is 5.15. The molecular weight excluding hydrogens is 398 g/mol. The maximum atomic E-state index is 12.5. The summed E-state index contributed by atoms with van der Waals surface area (Å²) in [7, 11) is 3.31. The Kier molecular flexibility index (Phi) is 5.99. The van der Waals surface area contributed by atoms with Crippen LogP contribution in [0.2, 0.25) is 0 Å². The summed E-state index contributed by atoms with van der Waals surface area (Å²) < 4.78 is 11.3. The Morgan fingerprint density at radius 2 is 1.87 bits per heavy atom. The molecule has 7 heteroatoms. The molecule has 1 amide bonds. The van der Waals surface area contributed by atoms with E-state index in [4.69, 9.17) is 9.47 Å². The molecule has 6 nitrogen and oxygen atoms in total. The number of rotatable bonds is 5. The molecular formula is C23H25N3O3S. The Hall–Kier alpha value is -2.93. The van der Waals surface area contributed by atoms with Crippen molar-refractivity contribution < 1.29 is 14.3 Å². The summed E-state index contributed by atoms with van der Waals surface area (Å²) in [6.07, 6.45) is 4.18. The smallest absolute Gasteiger partial charge is 0.264 e. The molecule has 1 N–H and O–H groups in total. The molecule has 0 aromatic heterocycles. The lowest BCUT2D eigenvalue weighted by Gasteiger charge is -2.22. The highest BCUT2D eigenvalue weighted by atomic mass is 32.2. The maximum Gasteiger partial charge on any atom is 0.264 e. The minimum atomic E-state index is -0.170. The molecule has 2 aliphatic rings. The third kappa shape index (κ3) is 4.31. The second kappa shape index (κ2) is 8.83. The van der Waals surface area contributed by atoms with Crippen molar-refractivity contribution in [3.05, 3.63) is 52.4 Å². The lowest BCUT2D eigenvalue weighted by molar-refractivity contribution is -0.115. The van der Waals surface area contributed by atoms with Gasteiger partial charge in [-0.3, -0.25) is 4.79 Å². The summed E-state index contributed by atoms with van der Waals surface area (Å²) in [5.74, 6) is 1.32. The van der Waals surface area contributed by atoms with Crippen molar-refractivity contribution in [3.8, 4) is 11.5 Å². The van der Waals surface area contributed by atoms with Crippen molar-refractivity contribution in [2.75, 3.05) is 32.2 Å². The minimum Gasteiger partial charge on any atom is -0.496 e. The molecule has 0 aliphatic carbocycles. The molecule has 0 spiro atoms. The highest BCUT2D eigenvalue weighted by molar-refractivity contribution is 8.18. The average Bonchev–Trinajstić information content (AvgIpc) is 3.38. The van der Waals surface area contributed by atoms with Crippen molar-refractivity contribution in [2.24, 2.45) is 4.99 Å². The van der Waals surface area contributed by atoms with Crippen molar-refractivity contribution in [1.29, 1.82) is 0 Å². The molecule has 30 heavy (non-hydrogen) atoms. The Morgan fingerprint density at radius 1 is 1.10 bits per heavy atom. The molecule has 2 aromatic carbocycles. The standard InChI is InChI=1S/C23H25N3O3S/c1-15-7-6-8-17(11-15)24-23-25-22(27)21(30-23)13-16-12-20(29-3)18(14-19(16)28-2)26-9-4-5-10-26/h6-8,11-14H,4-5,9-10H2,1-3H3,(H,24,25,27)/b21-13-. The zero-order valence-corrected chi connectivity index (χ0v) is 18.2. The highest BCUT2D eigenvalue weighted by Crippen LogP contribution is 2.39. The first-order chi connectivity index (χ1) is 14.6. The number of methoxy groups -OCH3 is 2. The number of aliphatic imine (C=N–C) groups is 1. The first kappa shape index (κ1) is 20.3. The minimum absolute atomic E-state index is 0.170. The summed E-state index contributed by atoms with van der Waals surface area (Å²) >= 11 is 1.32. The van der Waals surface area contributed by atoms with E-state index in [1.165, 1.54) is 24.6 Å². The molecule has 0 saturated carbocycles. The molecule has 156 valence electrons. The largest absolute Gasteiger partial charge is 0.496 e. The van der Waals surface area contributed by atoms with Crippen LogP contribution in [0.4, 0.5) is 11.4 Å². The van der Waals surface area contributed by atoms with Gasteiger partial charge in [0.05, 0.1) is 30.5 Å². The van der Waals surface area contributed by atoms with Gasteiger partial charge in [-0.05, 0) is 61.4 Å². The fourth-order valence-corrected chi connectivity index (χ4v) is 4.49. The summed E-state index contributed by atoms with van der Waals surface area (Å²) in [4.78, 5) is 19.9. The van der Waals surface area contributed by atoms with E-state index in [0.717, 1.165) is 41.3 Å². The van der Waals surface area contributed by atoms with Gasteiger partial charge < -0.3 is 19.7 Å². The molecule has 0 atom stereocenters. The van der Waals surface area contributed by atoms with E-state index in [2.05, 4.69) is 15.2 Å². The van der Waals surface area contributed by atoms with Crippen LogP contribution in [-0.4, -0.2) is 38.4 Å². The molecule has 2 aromatic rings. The van der Waals surface area contributed by atoms with Gasteiger partial charge in [0.1, 0.15) is 11.5 Å². The molecule has 4 rings (SSSR count). The lowest BCUT2D eigenvalue weighted by Crippen LogP contribution is -2.19. The van der Waals surface area contributed by atoms with Crippen molar-refractivity contribution in [3.63, 3.8) is 0 Å². The van der Waals surface area contributed by atoms with Gasteiger partial charge in [-0.2, -0.15) is 0 Å². The van der Waals surface area contributed by atoms with Gasteiger partial charge in [0, 0.05) is 24.7 Å². The maximum absolute atomic E-state index is 12.5. The van der Waals surface area contributed by atoms with Crippen molar-refractivity contribution in [2.45, 2.75) is 19.8 Å². The normalized spacial score (nSPS) is 18.9. The van der Waals surface area contributed by atoms with Crippen LogP contribution in [0.25, 0.3) is 6.08 Å². The van der Waals surface area contributed by atoms with E-state index in [9.17, 15) is 4.79 Å². The van der Waals surface area contributed by atoms with E-state index in [1.54, 1.807) is 14.2 Å².